The van der Waals surface area contributed by atoms with Crippen molar-refractivity contribution in [2.45, 2.75) is 58.0 Å². The Morgan fingerprint density at radius 2 is 2.00 bits per heavy atom. The van der Waals surface area contributed by atoms with Crippen molar-refractivity contribution >= 4 is 6.03 Å². The average molecular weight is 225 g/mol. The Hall–Kier alpha value is -0.770. The number of hydrogen-bond donors (Lipinski definition) is 2. The van der Waals surface area contributed by atoms with Crippen LogP contribution >= 0.6 is 0 Å². The Balaban J connectivity index is 1.90. The lowest BCUT2D eigenvalue weighted by Crippen LogP contribution is -2.52. The highest BCUT2D eigenvalue weighted by molar-refractivity contribution is 5.76. The molecule has 1 heterocycles. The van der Waals surface area contributed by atoms with Crippen LogP contribution in [0.2, 0.25) is 0 Å². The summed E-state index contributed by atoms with van der Waals surface area (Å²) in [5.41, 5.74) is 3.27. The minimum atomic E-state index is -0.119. The maximum absolute atomic E-state index is 11.8. The largest absolute Gasteiger partial charge is 0.333 e. The van der Waals surface area contributed by atoms with E-state index in [1.165, 1.54) is 19.3 Å². The molecule has 0 atom stereocenters. The molecule has 0 aromatic rings. The van der Waals surface area contributed by atoms with E-state index < -0.39 is 0 Å². The van der Waals surface area contributed by atoms with Crippen molar-refractivity contribution in [2.75, 3.05) is 6.54 Å². The molecule has 0 radical (unpaired) electrons. The smallest absolute Gasteiger partial charge is 0.317 e. The molecule has 92 valence electrons. The Morgan fingerprint density at radius 1 is 1.31 bits per heavy atom. The van der Waals surface area contributed by atoms with Gasteiger partial charge in [0.1, 0.15) is 5.66 Å². The first kappa shape index (κ1) is 11.7. The minimum Gasteiger partial charge on any atom is -0.317 e. The third-order valence-electron chi connectivity index (χ3n) is 3.58. The van der Waals surface area contributed by atoms with Gasteiger partial charge >= 0.3 is 6.03 Å². The van der Waals surface area contributed by atoms with E-state index in [9.17, 15) is 4.79 Å². The van der Waals surface area contributed by atoms with E-state index >= 15 is 0 Å². The van der Waals surface area contributed by atoms with Gasteiger partial charge in [0.25, 0.3) is 0 Å². The predicted octanol–water partition coefficient (Wildman–Crippen LogP) is 2.22. The van der Waals surface area contributed by atoms with Crippen molar-refractivity contribution in [1.82, 2.24) is 15.8 Å². The molecule has 0 aromatic carbocycles. The van der Waals surface area contributed by atoms with E-state index in [-0.39, 0.29) is 11.7 Å². The fourth-order valence-electron chi connectivity index (χ4n) is 2.55. The molecule has 16 heavy (non-hydrogen) atoms. The van der Waals surface area contributed by atoms with Crippen molar-refractivity contribution in [3.63, 3.8) is 0 Å². The van der Waals surface area contributed by atoms with E-state index in [1.54, 1.807) is 5.01 Å². The van der Waals surface area contributed by atoms with Gasteiger partial charge in [0.2, 0.25) is 0 Å². The van der Waals surface area contributed by atoms with Crippen molar-refractivity contribution < 1.29 is 4.79 Å². The quantitative estimate of drug-likeness (QED) is 0.773. The zero-order chi connectivity index (χ0) is 11.6. The number of carbonyl (C=O) groups is 1. The molecule has 4 heteroatoms. The summed E-state index contributed by atoms with van der Waals surface area (Å²) in [6.45, 7) is 5.18. The van der Waals surface area contributed by atoms with Crippen LogP contribution in [0.15, 0.2) is 0 Å². The maximum Gasteiger partial charge on any atom is 0.333 e. The number of rotatable bonds is 3. The first-order valence-corrected chi connectivity index (χ1v) is 6.49. The predicted molar refractivity (Wildman–Crippen MR) is 63.6 cm³/mol. The molecule has 0 aromatic heterocycles. The van der Waals surface area contributed by atoms with Crippen LogP contribution in [0.5, 0.6) is 0 Å². The molecule has 1 saturated carbocycles. The van der Waals surface area contributed by atoms with Crippen molar-refractivity contribution in [3.05, 3.63) is 0 Å². The van der Waals surface area contributed by atoms with Gasteiger partial charge in [0.15, 0.2) is 0 Å². The summed E-state index contributed by atoms with van der Waals surface area (Å²) >= 11 is 0. The second-order valence-electron chi connectivity index (χ2n) is 5.52. The highest BCUT2D eigenvalue weighted by Crippen LogP contribution is 2.29. The van der Waals surface area contributed by atoms with Crippen LogP contribution in [0.3, 0.4) is 0 Å². The zero-order valence-corrected chi connectivity index (χ0v) is 10.4. The van der Waals surface area contributed by atoms with E-state index in [0.29, 0.717) is 5.92 Å². The zero-order valence-electron chi connectivity index (χ0n) is 10.4. The molecule has 2 N–H and O–H groups in total. The van der Waals surface area contributed by atoms with Gasteiger partial charge in [-0.25, -0.2) is 10.2 Å². The SMILES string of the molecule is CC(C)CCN1NC2(CCCCC2)NC1=O. The standard InChI is InChI=1S/C12H23N3O/c1-10(2)6-9-15-11(16)13-12(14-15)7-4-3-5-8-12/h10,14H,3-9H2,1-2H3,(H,13,16). The molecule has 0 bridgehead atoms. The highest BCUT2D eigenvalue weighted by atomic mass is 16.2. The van der Waals surface area contributed by atoms with E-state index in [2.05, 4.69) is 24.6 Å². The lowest BCUT2D eigenvalue weighted by molar-refractivity contribution is 0.151. The number of carbonyl (C=O) groups excluding carboxylic acids is 1. The van der Waals surface area contributed by atoms with Crippen LogP contribution in [0, 0.1) is 5.92 Å². The van der Waals surface area contributed by atoms with E-state index in [1.807, 2.05) is 0 Å². The number of hydrogen-bond acceptors (Lipinski definition) is 2. The van der Waals surface area contributed by atoms with Gasteiger partial charge < -0.3 is 5.32 Å². The second kappa shape index (κ2) is 4.62. The molecule has 2 amide bonds. The van der Waals surface area contributed by atoms with Gasteiger partial charge in [0, 0.05) is 6.54 Å². The molecular formula is C12H23N3O. The summed E-state index contributed by atoms with van der Waals surface area (Å²) in [7, 11) is 0. The molecule has 2 rings (SSSR count). The second-order valence-corrected chi connectivity index (χ2v) is 5.52. The molecule has 1 spiro atoms. The van der Waals surface area contributed by atoms with E-state index in [0.717, 1.165) is 25.8 Å². The molecule has 0 unspecified atom stereocenters. The highest BCUT2D eigenvalue weighted by Gasteiger charge is 2.42. The van der Waals surface area contributed by atoms with Gasteiger partial charge in [-0.15, -0.1) is 0 Å². The van der Waals surface area contributed by atoms with Gasteiger partial charge in [0.05, 0.1) is 0 Å². The third-order valence-corrected chi connectivity index (χ3v) is 3.58. The number of amides is 2. The molecule has 1 aliphatic heterocycles. The van der Waals surface area contributed by atoms with Crippen LogP contribution in [0.25, 0.3) is 0 Å². The molecule has 1 aliphatic carbocycles. The van der Waals surface area contributed by atoms with E-state index in [4.69, 9.17) is 0 Å². The van der Waals surface area contributed by atoms with Gasteiger partial charge in [-0.3, -0.25) is 5.01 Å². The lowest BCUT2D eigenvalue weighted by atomic mass is 9.90. The van der Waals surface area contributed by atoms with Gasteiger partial charge in [-0.2, -0.15) is 0 Å². The van der Waals surface area contributed by atoms with Crippen LogP contribution in [0.1, 0.15) is 52.4 Å². The summed E-state index contributed by atoms with van der Waals surface area (Å²) in [6, 6.07) is 0.0579. The lowest BCUT2D eigenvalue weighted by Gasteiger charge is -2.33. The summed E-state index contributed by atoms with van der Waals surface area (Å²) in [5, 5.41) is 4.89. The monoisotopic (exact) mass is 225 g/mol. The Bertz CT molecular complexity index is 259. The van der Waals surface area contributed by atoms with Crippen LogP contribution in [-0.4, -0.2) is 23.2 Å². The number of nitrogens with zero attached hydrogens (tertiary/aromatic N) is 1. The number of hydrazine groups is 1. The summed E-state index contributed by atoms with van der Waals surface area (Å²) in [4.78, 5) is 11.8. The first-order chi connectivity index (χ1) is 7.61. The fraction of sp³-hybridized carbons (Fsp3) is 0.917. The first-order valence-electron chi connectivity index (χ1n) is 6.49. The summed E-state index contributed by atoms with van der Waals surface area (Å²) in [6.07, 6.45) is 6.91. The molecule has 2 fully saturated rings. The van der Waals surface area contributed by atoms with Crippen LogP contribution in [-0.2, 0) is 0 Å². The number of nitrogens with one attached hydrogen (secondary N) is 2. The minimum absolute atomic E-state index is 0.0579. The van der Waals surface area contributed by atoms with Crippen molar-refractivity contribution in [1.29, 1.82) is 0 Å². The fourth-order valence-corrected chi connectivity index (χ4v) is 2.55. The maximum atomic E-state index is 11.8. The summed E-state index contributed by atoms with van der Waals surface area (Å²) < 4.78 is 0. The van der Waals surface area contributed by atoms with Gasteiger partial charge in [-0.1, -0.05) is 20.3 Å². The Labute approximate surface area is 97.7 Å². The Kier molecular flexibility index (Phi) is 3.38. The Morgan fingerprint density at radius 3 is 2.62 bits per heavy atom. The van der Waals surface area contributed by atoms with Gasteiger partial charge in [-0.05, 0) is 38.0 Å². The topological polar surface area (TPSA) is 44.4 Å². The molecular weight excluding hydrogens is 202 g/mol. The molecule has 1 saturated heterocycles. The normalized spacial score (nSPS) is 24.2. The molecule has 2 aliphatic rings. The summed E-state index contributed by atoms with van der Waals surface area (Å²) in [5.74, 6) is 0.637. The third kappa shape index (κ3) is 2.48. The average Bonchev–Trinajstić information content (AvgIpc) is 2.53. The van der Waals surface area contributed by atoms with Crippen molar-refractivity contribution in [3.8, 4) is 0 Å². The van der Waals surface area contributed by atoms with Crippen LogP contribution < -0.4 is 10.7 Å². The number of urea groups is 1. The molecule has 4 nitrogen and oxygen atoms in total. The van der Waals surface area contributed by atoms with Crippen LogP contribution in [0.4, 0.5) is 4.79 Å². The van der Waals surface area contributed by atoms with Crippen molar-refractivity contribution in [2.24, 2.45) is 5.92 Å².